The third-order valence-corrected chi connectivity index (χ3v) is 8.61. The Morgan fingerprint density at radius 2 is 1.71 bits per heavy atom. The van der Waals surface area contributed by atoms with E-state index in [1.165, 1.54) is 36.2 Å². The monoisotopic (exact) mass is 688 g/mol. The van der Waals surface area contributed by atoms with Crippen LogP contribution in [0.3, 0.4) is 0 Å². The second-order valence-electron chi connectivity index (χ2n) is 13.4. The number of benzene rings is 3. The lowest BCUT2D eigenvalue weighted by molar-refractivity contribution is 0.0539. The zero-order chi connectivity index (χ0) is 35.9. The van der Waals surface area contributed by atoms with E-state index in [-0.39, 0.29) is 11.7 Å². The number of nitrogens with zero attached hydrogens (tertiary/aromatic N) is 4. The molecule has 0 radical (unpaired) electrons. The number of carbonyl (C=O) groups is 2. The van der Waals surface area contributed by atoms with Crippen molar-refractivity contribution in [2.45, 2.75) is 51.7 Å². The Morgan fingerprint density at radius 1 is 0.980 bits per heavy atom. The third kappa shape index (κ3) is 6.52. The summed E-state index contributed by atoms with van der Waals surface area (Å²) in [5.41, 5.74) is 2.81. The Hall–Kier alpha value is -6.04. The Balaban J connectivity index is 1.39. The second-order valence-corrected chi connectivity index (χ2v) is 13.4. The maximum absolute atomic E-state index is 14.1. The number of nitrogens with one attached hydrogen (secondary N) is 2. The lowest BCUT2D eigenvalue weighted by Gasteiger charge is -2.20. The van der Waals surface area contributed by atoms with Crippen LogP contribution in [0.4, 0.5) is 14.9 Å². The average molecular weight is 689 g/mol. The molecule has 1 amide bonds. The minimum Gasteiger partial charge on any atom is -0.496 e. The molecule has 1 aliphatic carbocycles. The van der Waals surface area contributed by atoms with Gasteiger partial charge in [0, 0.05) is 59.6 Å². The molecule has 51 heavy (non-hydrogen) atoms. The number of methoxy groups -OCH3 is 1. The number of hydrogen-bond donors (Lipinski definition) is 2. The van der Waals surface area contributed by atoms with Crippen molar-refractivity contribution >= 4 is 28.7 Å². The molecule has 6 aromatic rings. The van der Waals surface area contributed by atoms with Gasteiger partial charge in [0.2, 0.25) is 0 Å². The van der Waals surface area contributed by atoms with E-state index in [1.54, 1.807) is 63.5 Å². The molecule has 12 heteroatoms. The largest absolute Gasteiger partial charge is 0.496 e. The number of hydrogen-bond acceptors (Lipinski definition) is 9. The van der Waals surface area contributed by atoms with Crippen LogP contribution in [0.15, 0.2) is 89.9 Å². The Kier molecular flexibility index (Phi) is 8.54. The predicted molar refractivity (Wildman–Crippen MR) is 191 cm³/mol. The van der Waals surface area contributed by atoms with Gasteiger partial charge in [-0.2, -0.15) is 0 Å². The molecule has 3 aromatic carbocycles. The highest BCUT2D eigenvalue weighted by molar-refractivity contribution is 6.06. The van der Waals surface area contributed by atoms with E-state index >= 15 is 0 Å². The molecule has 7 rings (SSSR count). The fourth-order valence-electron chi connectivity index (χ4n) is 6.11. The van der Waals surface area contributed by atoms with Crippen LogP contribution < -0.4 is 15.4 Å². The van der Waals surface area contributed by atoms with E-state index in [2.05, 4.69) is 25.6 Å². The van der Waals surface area contributed by atoms with Gasteiger partial charge < -0.3 is 24.5 Å². The first-order valence-corrected chi connectivity index (χ1v) is 16.7. The van der Waals surface area contributed by atoms with Gasteiger partial charge >= 0.3 is 6.09 Å². The number of rotatable bonds is 9. The van der Waals surface area contributed by atoms with Crippen molar-refractivity contribution in [3.8, 4) is 39.6 Å². The highest BCUT2D eigenvalue weighted by Gasteiger charge is 2.48. The lowest BCUT2D eigenvalue weighted by atomic mass is 9.96. The summed E-state index contributed by atoms with van der Waals surface area (Å²) in [4.78, 5) is 40.7. The summed E-state index contributed by atoms with van der Waals surface area (Å²) in [5, 5.41) is 7.22. The quantitative estimate of drug-likeness (QED) is 0.154. The standard InChI is InChI=1S/C39H37FN6O5/c1-6-41-29-22-31-27(32(33(50-31)23-8-11-25(40)12-9-23)34-42-18-19-46(34)37(48)51-38(2,3)4)21-26(29)24-10-13-30(49-5)28(20-24)35(47)45-39(14-15-39)36-43-16-7-17-44-36/h7-13,16-22,41H,6,14-15H2,1-5H3,(H,45,47). The molecule has 1 aliphatic rings. The number of aromatic nitrogens is 4. The summed E-state index contributed by atoms with van der Waals surface area (Å²) in [6.07, 6.45) is 7.22. The highest BCUT2D eigenvalue weighted by Crippen LogP contribution is 2.46. The minimum absolute atomic E-state index is 0.289. The normalized spacial score (nSPS) is 13.5. The Bertz CT molecular complexity index is 2250. The van der Waals surface area contributed by atoms with Gasteiger partial charge in [0.1, 0.15) is 34.0 Å². The summed E-state index contributed by atoms with van der Waals surface area (Å²) in [5.74, 6) is 0.959. The maximum Gasteiger partial charge on any atom is 0.420 e. The van der Waals surface area contributed by atoms with Crippen molar-refractivity contribution in [1.29, 1.82) is 0 Å². The zero-order valence-electron chi connectivity index (χ0n) is 28.9. The molecule has 0 aliphatic heterocycles. The Labute approximate surface area is 293 Å². The van der Waals surface area contributed by atoms with Gasteiger partial charge in [0.05, 0.1) is 18.2 Å². The van der Waals surface area contributed by atoms with Gasteiger partial charge in [-0.3, -0.25) is 4.79 Å². The van der Waals surface area contributed by atoms with E-state index in [0.717, 1.165) is 29.7 Å². The Morgan fingerprint density at radius 3 is 2.37 bits per heavy atom. The van der Waals surface area contributed by atoms with Crippen molar-refractivity contribution in [1.82, 2.24) is 24.8 Å². The van der Waals surface area contributed by atoms with Crippen molar-refractivity contribution in [3.05, 3.63) is 103 Å². The molecule has 2 N–H and O–H groups in total. The van der Waals surface area contributed by atoms with Gasteiger partial charge in [0.25, 0.3) is 5.91 Å². The number of furan rings is 1. The van der Waals surface area contributed by atoms with Crippen molar-refractivity contribution in [3.63, 3.8) is 0 Å². The molecule has 0 saturated heterocycles. The van der Waals surface area contributed by atoms with E-state index < -0.39 is 23.1 Å². The molecule has 260 valence electrons. The first-order valence-electron chi connectivity index (χ1n) is 16.7. The molecule has 0 spiro atoms. The van der Waals surface area contributed by atoms with Gasteiger partial charge in [-0.1, -0.05) is 6.07 Å². The van der Waals surface area contributed by atoms with Crippen LogP contribution >= 0.6 is 0 Å². The fraction of sp³-hybridized carbons (Fsp3) is 0.256. The molecular formula is C39H37FN6O5. The molecular weight excluding hydrogens is 651 g/mol. The van der Waals surface area contributed by atoms with Crippen LogP contribution in [-0.4, -0.2) is 50.8 Å². The van der Waals surface area contributed by atoms with E-state index in [4.69, 9.17) is 13.9 Å². The van der Waals surface area contributed by atoms with E-state index in [0.29, 0.717) is 51.5 Å². The molecule has 3 aromatic heterocycles. The molecule has 0 atom stereocenters. The molecule has 11 nitrogen and oxygen atoms in total. The highest BCUT2D eigenvalue weighted by atomic mass is 19.1. The van der Waals surface area contributed by atoms with E-state index in [1.807, 2.05) is 25.1 Å². The number of ether oxygens (including phenoxy) is 2. The topological polar surface area (TPSA) is 133 Å². The first-order chi connectivity index (χ1) is 24.5. The number of fused-ring (bicyclic) bond motifs is 1. The lowest BCUT2D eigenvalue weighted by Crippen LogP contribution is -2.36. The number of amides is 1. The van der Waals surface area contributed by atoms with Crippen LogP contribution in [-0.2, 0) is 10.3 Å². The molecule has 1 fully saturated rings. The van der Waals surface area contributed by atoms with Crippen LogP contribution in [0.25, 0.3) is 44.8 Å². The van der Waals surface area contributed by atoms with Gasteiger partial charge in [-0.05, 0) is 94.6 Å². The van der Waals surface area contributed by atoms with Crippen LogP contribution in [0, 0.1) is 5.82 Å². The third-order valence-electron chi connectivity index (χ3n) is 8.61. The molecule has 0 bridgehead atoms. The van der Waals surface area contributed by atoms with E-state index in [9.17, 15) is 14.0 Å². The van der Waals surface area contributed by atoms with Crippen molar-refractivity contribution in [2.24, 2.45) is 0 Å². The second kappa shape index (κ2) is 13.0. The van der Waals surface area contributed by atoms with Gasteiger partial charge in [-0.15, -0.1) is 0 Å². The van der Waals surface area contributed by atoms with Crippen molar-refractivity contribution < 1.29 is 27.9 Å². The van der Waals surface area contributed by atoms with Gasteiger partial charge in [-0.25, -0.2) is 28.7 Å². The predicted octanol–water partition coefficient (Wildman–Crippen LogP) is 8.20. The summed E-state index contributed by atoms with van der Waals surface area (Å²) < 4.78 is 33.2. The number of carbonyl (C=O) groups excluding carboxylic acids is 2. The number of imidazole rings is 1. The number of anilines is 1. The molecule has 1 saturated carbocycles. The van der Waals surface area contributed by atoms with Crippen LogP contribution in [0.1, 0.15) is 56.7 Å². The molecule has 0 unspecified atom stereocenters. The SMILES string of the molecule is CCNc1cc2oc(-c3ccc(F)cc3)c(-c3nccn3C(=O)OC(C)(C)C)c2cc1-c1ccc(OC)c(C(=O)NC2(c3ncccn3)CC2)c1. The summed E-state index contributed by atoms with van der Waals surface area (Å²) in [7, 11) is 1.52. The maximum atomic E-state index is 14.1. The van der Waals surface area contributed by atoms with Crippen molar-refractivity contribution in [2.75, 3.05) is 19.0 Å². The smallest absolute Gasteiger partial charge is 0.420 e. The van der Waals surface area contributed by atoms with Gasteiger partial charge in [0.15, 0.2) is 11.6 Å². The first kappa shape index (κ1) is 33.5. The summed E-state index contributed by atoms with van der Waals surface area (Å²) in [6, 6.07) is 16.9. The van der Waals surface area contributed by atoms with Crippen LogP contribution in [0.5, 0.6) is 5.75 Å². The summed E-state index contributed by atoms with van der Waals surface area (Å²) in [6.45, 7) is 7.95. The summed E-state index contributed by atoms with van der Waals surface area (Å²) >= 11 is 0. The fourth-order valence-corrected chi connectivity index (χ4v) is 6.11. The molecule has 3 heterocycles. The minimum atomic E-state index is -0.754. The zero-order valence-corrected chi connectivity index (χ0v) is 28.9. The average Bonchev–Trinajstić information content (AvgIpc) is 3.56. The number of halogens is 1. The van der Waals surface area contributed by atoms with Crippen LogP contribution in [0.2, 0.25) is 0 Å².